The highest BCUT2D eigenvalue weighted by atomic mass is 16.7. The molecule has 0 aromatic carbocycles. The largest absolute Gasteiger partial charge is 0.487 e. The van der Waals surface area contributed by atoms with Crippen LogP contribution in [0.25, 0.3) is 0 Å². The third kappa shape index (κ3) is 7.04. The number of aromatic nitrogens is 1. The normalized spacial score (nSPS) is 15.4. The van der Waals surface area contributed by atoms with Crippen LogP contribution < -0.4 is 9.47 Å². The number of Topliss-reactive ketones (excluding diaryl/α,β-unsaturated/α-hetero) is 1. The van der Waals surface area contributed by atoms with Crippen molar-refractivity contribution in [1.82, 2.24) is 9.88 Å². The van der Waals surface area contributed by atoms with Gasteiger partial charge in [-0.05, 0) is 13.3 Å². The van der Waals surface area contributed by atoms with Crippen molar-refractivity contribution in [1.29, 1.82) is 0 Å². The Balaban J connectivity index is 2.23. The number of aliphatic imine (C=N–C) groups is 1. The second-order valence-electron chi connectivity index (χ2n) is 7.11. The maximum Gasteiger partial charge on any atom is 0.213 e. The average Bonchev–Trinajstić information content (AvgIpc) is 3.29. The Bertz CT molecular complexity index is 868. The second kappa shape index (κ2) is 12.0. The number of allylic oxidation sites excluding steroid dienone is 2. The number of carbonyl (C=O) groups is 1. The monoisotopic (exact) mass is 429 g/mol. The van der Waals surface area contributed by atoms with Gasteiger partial charge in [-0.2, -0.15) is 0 Å². The Morgan fingerprint density at radius 2 is 2.10 bits per heavy atom. The molecule has 0 unspecified atom stereocenters. The van der Waals surface area contributed by atoms with Crippen LogP contribution in [0.5, 0.6) is 11.6 Å². The number of ketones is 1. The first-order valence-electron chi connectivity index (χ1n) is 10.1. The number of rotatable bonds is 11. The van der Waals surface area contributed by atoms with Crippen LogP contribution in [0.2, 0.25) is 0 Å². The lowest BCUT2D eigenvalue weighted by Crippen LogP contribution is -2.22. The minimum absolute atomic E-state index is 0.0491. The van der Waals surface area contributed by atoms with E-state index in [0.29, 0.717) is 41.6 Å². The van der Waals surface area contributed by atoms with E-state index in [1.54, 1.807) is 31.6 Å². The van der Waals surface area contributed by atoms with Crippen molar-refractivity contribution in [3.63, 3.8) is 0 Å². The number of hydrogen-bond donors (Lipinski definition) is 0. The van der Waals surface area contributed by atoms with Crippen molar-refractivity contribution in [2.75, 3.05) is 41.0 Å². The summed E-state index contributed by atoms with van der Waals surface area (Å²) in [6.45, 7) is 8.81. The van der Waals surface area contributed by atoms with Gasteiger partial charge in [-0.1, -0.05) is 19.6 Å². The Kier molecular flexibility index (Phi) is 9.42. The Morgan fingerprint density at radius 3 is 2.71 bits per heavy atom. The molecule has 0 atom stereocenters. The summed E-state index contributed by atoms with van der Waals surface area (Å²) in [6, 6.07) is 1.71. The zero-order chi connectivity index (χ0) is 22.8. The van der Waals surface area contributed by atoms with Gasteiger partial charge < -0.3 is 23.8 Å². The number of pyridine rings is 1. The van der Waals surface area contributed by atoms with Crippen molar-refractivity contribution in [3.05, 3.63) is 54.0 Å². The molecule has 8 nitrogen and oxygen atoms in total. The number of carbonyl (C=O) groups excluding carboxylic acids is 1. The summed E-state index contributed by atoms with van der Waals surface area (Å²) in [4.78, 5) is 23.3. The van der Waals surface area contributed by atoms with Gasteiger partial charge >= 0.3 is 0 Å². The van der Waals surface area contributed by atoms with Crippen LogP contribution in [0.1, 0.15) is 32.1 Å². The van der Waals surface area contributed by atoms with E-state index >= 15 is 0 Å². The molecule has 0 aliphatic carbocycles. The van der Waals surface area contributed by atoms with E-state index in [1.807, 2.05) is 32.0 Å². The van der Waals surface area contributed by atoms with Crippen molar-refractivity contribution >= 4 is 11.5 Å². The van der Waals surface area contributed by atoms with Gasteiger partial charge in [0.1, 0.15) is 18.1 Å². The quantitative estimate of drug-likeness (QED) is 0.393. The summed E-state index contributed by atoms with van der Waals surface area (Å²) >= 11 is 0. The van der Waals surface area contributed by atoms with E-state index < -0.39 is 6.29 Å². The molecule has 8 heteroatoms. The van der Waals surface area contributed by atoms with Gasteiger partial charge in [0.15, 0.2) is 6.29 Å². The van der Waals surface area contributed by atoms with Gasteiger partial charge in [0.05, 0.1) is 32.1 Å². The first kappa shape index (κ1) is 24.3. The molecule has 2 rings (SSSR count). The molecule has 1 aromatic rings. The number of ether oxygens (including phenoxy) is 4. The Labute approximate surface area is 183 Å². The molecular weight excluding hydrogens is 398 g/mol. The molecule has 0 spiro atoms. The molecule has 1 aromatic heterocycles. The average molecular weight is 430 g/mol. The van der Waals surface area contributed by atoms with E-state index in [-0.39, 0.29) is 18.1 Å². The standard InChI is InChI=1S/C23H31N3O5/c1-7-8-9-24-21(22(27)16(2)14-26(4)5)17(3)15-31-19-13-25-20(28-6)12-18(19)23-29-10-11-30-23/h8-9,12-14,23H,3,7,10-11,15H2,1-2,4-6H3/b9-8-,16-14+,24-21?. The number of hydrogen-bond acceptors (Lipinski definition) is 8. The van der Waals surface area contributed by atoms with Crippen molar-refractivity contribution in [2.24, 2.45) is 4.99 Å². The molecule has 0 N–H and O–H groups in total. The van der Waals surface area contributed by atoms with E-state index in [4.69, 9.17) is 18.9 Å². The molecule has 0 saturated carbocycles. The number of nitrogens with zero attached hydrogens (tertiary/aromatic N) is 3. The molecule has 31 heavy (non-hydrogen) atoms. The summed E-state index contributed by atoms with van der Waals surface area (Å²) in [5.74, 6) is 0.677. The van der Waals surface area contributed by atoms with Crippen LogP contribution in [0.4, 0.5) is 0 Å². The highest BCUT2D eigenvalue weighted by Gasteiger charge is 2.24. The topological polar surface area (TPSA) is 82.5 Å². The van der Waals surface area contributed by atoms with Crippen molar-refractivity contribution in [3.8, 4) is 11.6 Å². The van der Waals surface area contributed by atoms with Crippen LogP contribution in [-0.2, 0) is 14.3 Å². The van der Waals surface area contributed by atoms with Crippen LogP contribution in [0, 0.1) is 0 Å². The maximum atomic E-state index is 12.9. The van der Waals surface area contributed by atoms with Gasteiger partial charge in [0.2, 0.25) is 11.7 Å². The van der Waals surface area contributed by atoms with E-state index in [1.165, 1.54) is 7.11 Å². The lowest BCUT2D eigenvalue weighted by atomic mass is 10.0. The van der Waals surface area contributed by atoms with Gasteiger partial charge in [0, 0.05) is 43.7 Å². The molecule has 0 amide bonds. The van der Waals surface area contributed by atoms with Gasteiger partial charge in [0.25, 0.3) is 0 Å². The summed E-state index contributed by atoms with van der Waals surface area (Å²) in [5.41, 5.74) is 1.91. The molecule has 2 heterocycles. The van der Waals surface area contributed by atoms with E-state index in [0.717, 1.165) is 6.42 Å². The minimum Gasteiger partial charge on any atom is -0.487 e. The lowest BCUT2D eigenvalue weighted by molar-refractivity contribution is -0.109. The second-order valence-corrected chi connectivity index (χ2v) is 7.11. The third-order valence-electron chi connectivity index (χ3n) is 4.26. The molecule has 1 fully saturated rings. The molecule has 168 valence electrons. The first-order chi connectivity index (χ1) is 14.9. The fourth-order valence-electron chi connectivity index (χ4n) is 2.80. The lowest BCUT2D eigenvalue weighted by Gasteiger charge is -2.17. The van der Waals surface area contributed by atoms with Gasteiger partial charge in [-0.3, -0.25) is 9.79 Å². The summed E-state index contributed by atoms with van der Waals surface area (Å²) < 4.78 is 22.3. The predicted octanol–water partition coefficient (Wildman–Crippen LogP) is 3.47. The highest BCUT2D eigenvalue weighted by Crippen LogP contribution is 2.33. The highest BCUT2D eigenvalue weighted by molar-refractivity contribution is 6.51. The summed E-state index contributed by atoms with van der Waals surface area (Å²) in [7, 11) is 5.24. The van der Waals surface area contributed by atoms with E-state index in [9.17, 15) is 4.79 Å². The fourth-order valence-corrected chi connectivity index (χ4v) is 2.80. The van der Waals surface area contributed by atoms with E-state index in [2.05, 4.69) is 16.6 Å². The Morgan fingerprint density at radius 1 is 1.39 bits per heavy atom. The smallest absolute Gasteiger partial charge is 0.213 e. The molecule has 0 bridgehead atoms. The first-order valence-corrected chi connectivity index (χ1v) is 10.1. The SMILES string of the molecule is C=C(COc1cnc(OC)cc1C1OCCO1)C(=N/C=C\CC)C(=O)/C(C)=C/N(C)C. The van der Waals surface area contributed by atoms with Crippen LogP contribution in [0.15, 0.2) is 53.5 Å². The summed E-state index contributed by atoms with van der Waals surface area (Å²) in [6.07, 6.45) is 7.01. The van der Waals surface area contributed by atoms with Crippen LogP contribution >= 0.6 is 0 Å². The minimum atomic E-state index is -0.562. The molecule has 1 aliphatic rings. The van der Waals surface area contributed by atoms with Crippen LogP contribution in [0.3, 0.4) is 0 Å². The predicted molar refractivity (Wildman–Crippen MR) is 119 cm³/mol. The molecule has 1 saturated heterocycles. The Hall–Kier alpha value is -2.97. The van der Waals surface area contributed by atoms with Gasteiger partial charge in [-0.15, -0.1) is 0 Å². The van der Waals surface area contributed by atoms with Crippen molar-refractivity contribution in [2.45, 2.75) is 26.6 Å². The third-order valence-corrected chi connectivity index (χ3v) is 4.26. The zero-order valence-electron chi connectivity index (χ0n) is 18.9. The molecular formula is C23H31N3O5. The van der Waals surface area contributed by atoms with Crippen LogP contribution in [-0.4, -0.2) is 62.4 Å². The molecule has 1 aliphatic heterocycles. The number of methoxy groups -OCH3 is 1. The fraction of sp³-hybridized carbons (Fsp3) is 0.435. The molecule has 0 radical (unpaired) electrons. The summed E-state index contributed by atoms with van der Waals surface area (Å²) in [5, 5.41) is 0. The maximum absolute atomic E-state index is 12.9. The van der Waals surface area contributed by atoms with Gasteiger partial charge in [-0.25, -0.2) is 4.98 Å². The van der Waals surface area contributed by atoms with Crippen molar-refractivity contribution < 1.29 is 23.7 Å². The zero-order valence-corrected chi connectivity index (χ0v) is 18.9.